The van der Waals surface area contributed by atoms with Gasteiger partial charge in [-0.25, -0.2) is 0 Å². The van der Waals surface area contributed by atoms with Crippen LogP contribution in [-0.4, -0.2) is 18.4 Å². The first-order valence-corrected chi connectivity index (χ1v) is 9.56. The number of hydrogen-bond donors (Lipinski definition) is 2. The van der Waals surface area contributed by atoms with E-state index in [1.54, 1.807) is 42.5 Å². The predicted octanol–water partition coefficient (Wildman–Crippen LogP) is 5.27. The van der Waals surface area contributed by atoms with Gasteiger partial charge in [0.05, 0.1) is 12.9 Å². The van der Waals surface area contributed by atoms with Gasteiger partial charge in [0.2, 0.25) is 0 Å². The third-order valence-corrected chi connectivity index (χ3v) is 4.35. The number of unbranched alkanes of at least 4 members (excludes halogenated alkanes) is 1. The molecule has 150 valence electrons. The lowest BCUT2D eigenvalue weighted by atomic mass is 10.1. The molecule has 0 aliphatic carbocycles. The van der Waals surface area contributed by atoms with Crippen LogP contribution in [0, 0.1) is 6.92 Å². The fraction of sp³-hybridized carbons (Fsp3) is 0.217. The standard InChI is InChI=1S/C23H24N2O4/c1-3-4-12-28-19-8-5-7-17(14-19)22(26)25-20-15-18(11-10-16(20)2)24-23(27)21-9-6-13-29-21/h5-11,13-15H,3-4,12H2,1-2H3,(H,24,27)(H,25,26). The van der Waals surface area contributed by atoms with Crippen LogP contribution >= 0.6 is 0 Å². The first-order chi connectivity index (χ1) is 14.1. The molecule has 2 N–H and O–H groups in total. The number of anilines is 2. The predicted molar refractivity (Wildman–Crippen MR) is 113 cm³/mol. The van der Waals surface area contributed by atoms with E-state index in [0.717, 1.165) is 18.4 Å². The zero-order chi connectivity index (χ0) is 20.6. The van der Waals surface area contributed by atoms with Crippen molar-refractivity contribution >= 4 is 23.2 Å². The van der Waals surface area contributed by atoms with Crippen molar-refractivity contribution in [1.29, 1.82) is 0 Å². The second kappa shape index (κ2) is 9.59. The minimum absolute atomic E-state index is 0.219. The lowest BCUT2D eigenvalue weighted by Gasteiger charge is -2.12. The van der Waals surface area contributed by atoms with Crippen molar-refractivity contribution in [3.05, 3.63) is 77.7 Å². The molecule has 3 aromatic rings. The Morgan fingerprint density at radius 2 is 1.86 bits per heavy atom. The zero-order valence-electron chi connectivity index (χ0n) is 16.5. The summed E-state index contributed by atoms with van der Waals surface area (Å²) in [7, 11) is 0. The van der Waals surface area contributed by atoms with Crippen LogP contribution in [0.3, 0.4) is 0 Å². The highest BCUT2D eigenvalue weighted by Crippen LogP contribution is 2.22. The highest BCUT2D eigenvalue weighted by molar-refractivity contribution is 6.06. The molecule has 6 heteroatoms. The topological polar surface area (TPSA) is 80.6 Å². The fourth-order valence-corrected chi connectivity index (χ4v) is 2.69. The van der Waals surface area contributed by atoms with Gasteiger partial charge in [0, 0.05) is 16.9 Å². The lowest BCUT2D eigenvalue weighted by Crippen LogP contribution is -2.14. The Morgan fingerprint density at radius 1 is 1.00 bits per heavy atom. The quantitative estimate of drug-likeness (QED) is 0.512. The normalized spacial score (nSPS) is 10.4. The van der Waals surface area contributed by atoms with Crippen LogP contribution < -0.4 is 15.4 Å². The molecule has 0 bridgehead atoms. The van der Waals surface area contributed by atoms with Gasteiger partial charge in [-0.1, -0.05) is 25.5 Å². The molecule has 0 fully saturated rings. The Kier molecular flexibility index (Phi) is 6.68. The van der Waals surface area contributed by atoms with Crippen molar-refractivity contribution in [2.75, 3.05) is 17.2 Å². The highest BCUT2D eigenvalue weighted by atomic mass is 16.5. The van der Waals surface area contributed by atoms with Crippen LogP contribution in [0.4, 0.5) is 11.4 Å². The number of benzene rings is 2. The van der Waals surface area contributed by atoms with Crippen molar-refractivity contribution in [3.63, 3.8) is 0 Å². The van der Waals surface area contributed by atoms with Crippen LogP contribution in [0.25, 0.3) is 0 Å². The van der Waals surface area contributed by atoms with E-state index in [4.69, 9.17) is 9.15 Å². The molecule has 0 aliphatic rings. The summed E-state index contributed by atoms with van der Waals surface area (Å²) < 4.78 is 10.8. The zero-order valence-corrected chi connectivity index (χ0v) is 16.5. The van der Waals surface area contributed by atoms with Crippen molar-refractivity contribution in [2.45, 2.75) is 26.7 Å². The maximum absolute atomic E-state index is 12.7. The van der Waals surface area contributed by atoms with E-state index in [1.165, 1.54) is 6.26 Å². The second-order valence-corrected chi connectivity index (χ2v) is 6.65. The van der Waals surface area contributed by atoms with E-state index in [-0.39, 0.29) is 17.6 Å². The first-order valence-electron chi connectivity index (χ1n) is 9.56. The first kappa shape index (κ1) is 20.2. The van der Waals surface area contributed by atoms with Gasteiger partial charge in [-0.3, -0.25) is 9.59 Å². The molecular formula is C23H24N2O4. The van der Waals surface area contributed by atoms with Gasteiger partial charge in [0.25, 0.3) is 11.8 Å². The minimum Gasteiger partial charge on any atom is -0.494 e. The molecule has 1 aromatic heterocycles. The molecule has 0 saturated carbocycles. The molecule has 2 amide bonds. The number of furan rings is 1. The summed E-state index contributed by atoms with van der Waals surface area (Å²) in [4.78, 5) is 24.9. The number of hydrogen-bond acceptors (Lipinski definition) is 4. The van der Waals surface area contributed by atoms with E-state index < -0.39 is 0 Å². The van der Waals surface area contributed by atoms with E-state index in [9.17, 15) is 9.59 Å². The minimum atomic E-state index is -0.354. The third-order valence-electron chi connectivity index (χ3n) is 4.35. The Morgan fingerprint density at radius 3 is 2.62 bits per heavy atom. The molecule has 29 heavy (non-hydrogen) atoms. The second-order valence-electron chi connectivity index (χ2n) is 6.65. The monoisotopic (exact) mass is 392 g/mol. The molecule has 1 heterocycles. The molecule has 0 saturated heterocycles. The molecule has 0 spiro atoms. The maximum Gasteiger partial charge on any atom is 0.291 e. The number of carbonyl (C=O) groups is 2. The van der Waals surface area contributed by atoms with Crippen molar-refractivity contribution < 1.29 is 18.7 Å². The summed E-state index contributed by atoms with van der Waals surface area (Å²) in [6, 6.07) is 15.6. The fourth-order valence-electron chi connectivity index (χ4n) is 2.69. The Labute approximate surface area is 169 Å². The number of nitrogens with one attached hydrogen (secondary N) is 2. The van der Waals surface area contributed by atoms with Crippen molar-refractivity contribution in [3.8, 4) is 5.75 Å². The maximum atomic E-state index is 12.7. The molecule has 0 unspecified atom stereocenters. The summed E-state index contributed by atoms with van der Waals surface area (Å²) in [5.74, 6) is 0.287. The van der Waals surface area contributed by atoms with Crippen LogP contribution in [0.1, 0.15) is 46.2 Å². The number of carbonyl (C=O) groups excluding carboxylic acids is 2. The Bertz CT molecular complexity index is 980. The Hall–Kier alpha value is -3.54. The van der Waals surface area contributed by atoms with Crippen LogP contribution in [0.15, 0.2) is 65.3 Å². The van der Waals surface area contributed by atoms with Gasteiger partial charge < -0.3 is 19.8 Å². The van der Waals surface area contributed by atoms with Crippen molar-refractivity contribution in [1.82, 2.24) is 0 Å². The summed E-state index contributed by atoms with van der Waals surface area (Å²) >= 11 is 0. The van der Waals surface area contributed by atoms with Crippen molar-refractivity contribution in [2.24, 2.45) is 0 Å². The molecular weight excluding hydrogens is 368 g/mol. The summed E-state index contributed by atoms with van der Waals surface area (Å²) in [6.07, 6.45) is 3.45. The van der Waals surface area contributed by atoms with Gasteiger partial charge in [-0.15, -0.1) is 0 Å². The van der Waals surface area contributed by atoms with E-state index >= 15 is 0 Å². The molecule has 0 atom stereocenters. The van der Waals surface area contributed by atoms with Gasteiger partial charge in [0.1, 0.15) is 5.75 Å². The summed E-state index contributed by atoms with van der Waals surface area (Å²) in [5, 5.41) is 5.66. The molecule has 2 aromatic carbocycles. The number of amides is 2. The van der Waals surface area contributed by atoms with Gasteiger partial charge in [-0.05, 0) is 61.4 Å². The molecule has 0 aliphatic heterocycles. The number of aryl methyl sites for hydroxylation is 1. The van der Waals surface area contributed by atoms with Gasteiger partial charge in [0.15, 0.2) is 5.76 Å². The van der Waals surface area contributed by atoms with E-state index in [0.29, 0.717) is 29.3 Å². The lowest BCUT2D eigenvalue weighted by molar-refractivity contribution is 0.0995. The molecule has 6 nitrogen and oxygen atoms in total. The van der Waals surface area contributed by atoms with Crippen LogP contribution in [-0.2, 0) is 0 Å². The van der Waals surface area contributed by atoms with Crippen LogP contribution in [0.2, 0.25) is 0 Å². The van der Waals surface area contributed by atoms with Crippen LogP contribution in [0.5, 0.6) is 5.75 Å². The number of rotatable bonds is 8. The highest BCUT2D eigenvalue weighted by Gasteiger charge is 2.12. The third kappa shape index (κ3) is 5.48. The molecule has 3 rings (SSSR count). The summed E-state index contributed by atoms with van der Waals surface area (Å²) in [6.45, 7) is 4.61. The number of ether oxygens (including phenoxy) is 1. The molecule has 0 radical (unpaired) electrons. The van der Waals surface area contributed by atoms with Gasteiger partial charge >= 0.3 is 0 Å². The Balaban J connectivity index is 1.70. The van der Waals surface area contributed by atoms with E-state index in [1.807, 2.05) is 19.1 Å². The average molecular weight is 392 g/mol. The SMILES string of the molecule is CCCCOc1cccc(C(=O)Nc2cc(NC(=O)c3ccco3)ccc2C)c1. The van der Waals surface area contributed by atoms with E-state index in [2.05, 4.69) is 17.6 Å². The van der Waals surface area contributed by atoms with Gasteiger partial charge in [-0.2, -0.15) is 0 Å². The average Bonchev–Trinajstić information content (AvgIpc) is 3.26. The largest absolute Gasteiger partial charge is 0.494 e. The smallest absolute Gasteiger partial charge is 0.291 e. The summed E-state index contributed by atoms with van der Waals surface area (Å²) in [5.41, 5.74) is 2.56.